The molecular weight excluding hydrogens is 721 g/mol. The van der Waals surface area contributed by atoms with Crippen molar-refractivity contribution in [3.05, 3.63) is 24.3 Å². The Hall–Kier alpha value is -2.11. The molecule has 0 saturated carbocycles. The van der Waals surface area contributed by atoms with Crippen molar-refractivity contribution in [2.75, 3.05) is 13.2 Å². The van der Waals surface area contributed by atoms with Crippen LogP contribution in [0.3, 0.4) is 0 Å². The van der Waals surface area contributed by atoms with Gasteiger partial charge >= 0.3 is 17.9 Å². The number of carbonyl (C=O) groups is 3. The van der Waals surface area contributed by atoms with Crippen molar-refractivity contribution in [1.82, 2.24) is 0 Å². The van der Waals surface area contributed by atoms with E-state index in [4.69, 9.17) is 14.2 Å². The number of ether oxygens (including phenoxy) is 3. The van der Waals surface area contributed by atoms with Gasteiger partial charge in [0.1, 0.15) is 13.2 Å². The summed E-state index contributed by atoms with van der Waals surface area (Å²) in [7, 11) is 0. The molecule has 1 atom stereocenters. The number of rotatable bonds is 46. The van der Waals surface area contributed by atoms with Crippen molar-refractivity contribution in [2.45, 2.75) is 277 Å². The average Bonchev–Trinajstić information content (AvgIpc) is 3.22. The first-order valence-corrected chi connectivity index (χ1v) is 25.3. The molecule has 6 nitrogen and oxygen atoms in total. The lowest BCUT2D eigenvalue weighted by Crippen LogP contribution is -2.30. The zero-order valence-corrected chi connectivity index (χ0v) is 38.8. The fraction of sp³-hybridized carbons (Fsp3) is 0.865. The van der Waals surface area contributed by atoms with Crippen LogP contribution in [0.15, 0.2) is 24.3 Å². The summed E-state index contributed by atoms with van der Waals surface area (Å²) in [4.78, 5) is 37.8. The molecule has 0 spiro atoms. The monoisotopic (exact) mass is 817 g/mol. The van der Waals surface area contributed by atoms with E-state index in [0.717, 1.165) is 64.2 Å². The van der Waals surface area contributed by atoms with Gasteiger partial charge in [-0.05, 0) is 64.2 Å². The number of carbonyl (C=O) groups excluding carboxylic acids is 3. The topological polar surface area (TPSA) is 78.9 Å². The number of unbranched alkanes of at least 4 members (excludes halogenated alkanes) is 31. The largest absolute Gasteiger partial charge is 0.462 e. The van der Waals surface area contributed by atoms with Gasteiger partial charge < -0.3 is 14.2 Å². The molecule has 0 N–H and O–H groups in total. The molecule has 0 amide bonds. The fourth-order valence-corrected chi connectivity index (χ4v) is 7.30. The molecule has 0 aliphatic carbocycles. The van der Waals surface area contributed by atoms with Gasteiger partial charge in [-0.25, -0.2) is 0 Å². The summed E-state index contributed by atoms with van der Waals surface area (Å²) in [6.45, 7) is 6.59. The second-order valence-corrected chi connectivity index (χ2v) is 17.1. The molecule has 0 heterocycles. The highest BCUT2D eigenvalue weighted by atomic mass is 16.6. The Bertz CT molecular complexity index is 942. The summed E-state index contributed by atoms with van der Waals surface area (Å²) in [6, 6.07) is 0. The summed E-state index contributed by atoms with van der Waals surface area (Å²) < 4.78 is 16.7. The number of hydrogen-bond donors (Lipinski definition) is 0. The molecule has 0 aromatic carbocycles. The van der Waals surface area contributed by atoms with E-state index in [1.54, 1.807) is 0 Å². The molecule has 58 heavy (non-hydrogen) atoms. The smallest absolute Gasteiger partial charge is 0.306 e. The normalized spacial score (nSPS) is 12.1. The Balaban J connectivity index is 4.26. The van der Waals surface area contributed by atoms with Crippen LogP contribution in [0.1, 0.15) is 271 Å². The van der Waals surface area contributed by atoms with Crippen molar-refractivity contribution in [2.24, 2.45) is 0 Å². The lowest BCUT2D eigenvalue weighted by atomic mass is 10.1. The van der Waals surface area contributed by atoms with E-state index < -0.39 is 6.10 Å². The highest BCUT2D eigenvalue weighted by Crippen LogP contribution is 2.15. The fourth-order valence-electron chi connectivity index (χ4n) is 7.30. The predicted octanol–water partition coefficient (Wildman–Crippen LogP) is 16.4. The molecule has 0 fully saturated rings. The van der Waals surface area contributed by atoms with Gasteiger partial charge in [-0.2, -0.15) is 0 Å². The second kappa shape index (κ2) is 47.6. The van der Waals surface area contributed by atoms with Crippen LogP contribution in [0.25, 0.3) is 0 Å². The number of hydrogen-bond acceptors (Lipinski definition) is 6. The highest BCUT2D eigenvalue weighted by molar-refractivity contribution is 5.71. The van der Waals surface area contributed by atoms with E-state index in [-0.39, 0.29) is 31.1 Å². The molecule has 0 aromatic heterocycles. The first-order valence-electron chi connectivity index (χ1n) is 25.3. The van der Waals surface area contributed by atoms with Gasteiger partial charge in [-0.15, -0.1) is 0 Å². The number of esters is 3. The lowest BCUT2D eigenvalue weighted by Gasteiger charge is -2.18. The van der Waals surface area contributed by atoms with Crippen LogP contribution < -0.4 is 0 Å². The molecule has 1 unspecified atom stereocenters. The summed E-state index contributed by atoms with van der Waals surface area (Å²) in [5.74, 6) is -0.876. The van der Waals surface area contributed by atoms with Crippen LogP contribution in [0.4, 0.5) is 0 Å². The third-order valence-electron chi connectivity index (χ3n) is 11.2. The van der Waals surface area contributed by atoms with Crippen molar-refractivity contribution in [1.29, 1.82) is 0 Å². The minimum atomic E-state index is -0.770. The average molecular weight is 817 g/mol. The van der Waals surface area contributed by atoms with E-state index in [9.17, 15) is 14.4 Å². The van der Waals surface area contributed by atoms with Crippen LogP contribution in [0, 0.1) is 0 Å². The zero-order valence-electron chi connectivity index (χ0n) is 38.8. The van der Waals surface area contributed by atoms with Crippen LogP contribution >= 0.6 is 0 Å². The van der Waals surface area contributed by atoms with Gasteiger partial charge in [0.2, 0.25) is 0 Å². The van der Waals surface area contributed by atoms with Crippen LogP contribution in [-0.2, 0) is 28.6 Å². The van der Waals surface area contributed by atoms with Crippen LogP contribution in [0.5, 0.6) is 0 Å². The Labute approximate surface area is 360 Å². The molecular formula is C52H96O6. The SMILES string of the molecule is CCCC/C=C\CCCCCCCC(=O)OC(COC(=O)CCCCCCCCCCCC)COC(=O)CCCCCCCCCCC/C=C\CCCCCCCC. The van der Waals surface area contributed by atoms with Gasteiger partial charge in [0.05, 0.1) is 0 Å². The van der Waals surface area contributed by atoms with Crippen molar-refractivity contribution < 1.29 is 28.6 Å². The van der Waals surface area contributed by atoms with Crippen LogP contribution in [-0.4, -0.2) is 37.2 Å². The van der Waals surface area contributed by atoms with Crippen molar-refractivity contribution in [3.63, 3.8) is 0 Å². The first-order chi connectivity index (χ1) is 28.5. The Morgan fingerprint density at radius 2 is 0.586 bits per heavy atom. The molecule has 0 radical (unpaired) electrons. The predicted molar refractivity (Wildman–Crippen MR) is 247 cm³/mol. The van der Waals surface area contributed by atoms with Crippen LogP contribution in [0.2, 0.25) is 0 Å². The maximum absolute atomic E-state index is 12.7. The van der Waals surface area contributed by atoms with Crippen molar-refractivity contribution in [3.8, 4) is 0 Å². The third kappa shape index (κ3) is 45.0. The van der Waals surface area contributed by atoms with E-state index >= 15 is 0 Å². The molecule has 6 heteroatoms. The van der Waals surface area contributed by atoms with E-state index in [1.807, 2.05) is 0 Å². The first kappa shape index (κ1) is 55.9. The van der Waals surface area contributed by atoms with Crippen molar-refractivity contribution >= 4 is 17.9 Å². The Kier molecular flexibility index (Phi) is 45.8. The van der Waals surface area contributed by atoms with E-state index in [0.29, 0.717) is 19.3 Å². The van der Waals surface area contributed by atoms with Gasteiger partial charge in [0.15, 0.2) is 6.10 Å². The summed E-state index contributed by atoms with van der Waals surface area (Å²) in [5.41, 5.74) is 0. The third-order valence-corrected chi connectivity index (χ3v) is 11.2. The summed E-state index contributed by atoms with van der Waals surface area (Å²) in [6.07, 6.45) is 53.1. The standard InChI is InChI=1S/C52H96O6/c1-4-7-10-13-16-19-22-23-24-25-26-27-28-29-31-33-36-39-42-45-51(54)57-48-49(47-56-50(53)44-41-38-35-32-21-18-15-12-9-6-3)58-52(55)46-43-40-37-34-30-20-17-14-11-8-5-2/h14,17,23-24,49H,4-13,15-16,18-22,25-48H2,1-3H3/b17-14-,24-23-. The van der Waals surface area contributed by atoms with Gasteiger partial charge in [0.25, 0.3) is 0 Å². The van der Waals surface area contributed by atoms with E-state index in [1.165, 1.54) is 167 Å². The Morgan fingerprint density at radius 3 is 0.914 bits per heavy atom. The maximum atomic E-state index is 12.7. The zero-order chi connectivity index (χ0) is 42.3. The number of allylic oxidation sites excluding steroid dienone is 4. The minimum absolute atomic E-state index is 0.0721. The highest BCUT2D eigenvalue weighted by Gasteiger charge is 2.19. The summed E-state index contributed by atoms with van der Waals surface area (Å²) >= 11 is 0. The quantitative estimate of drug-likeness (QED) is 0.0263. The van der Waals surface area contributed by atoms with Gasteiger partial charge in [-0.1, -0.05) is 212 Å². The molecule has 0 aromatic rings. The lowest BCUT2D eigenvalue weighted by molar-refractivity contribution is -0.167. The molecule has 0 aliphatic rings. The summed E-state index contributed by atoms with van der Waals surface area (Å²) in [5, 5.41) is 0. The van der Waals surface area contributed by atoms with E-state index in [2.05, 4.69) is 45.1 Å². The maximum Gasteiger partial charge on any atom is 0.306 e. The molecule has 0 saturated heterocycles. The Morgan fingerprint density at radius 1 is 0.328 bits per heavy atom. The van der Waals surface area contributed by atoms with Gasteiger partial charge in [0, 0.05) is 19.3 Å². The van der Waals surface area contributed by atoms with Gasteiger partial charge in [-0.3, -0.25) is 14.4 Å². The molecule has 0 rings (SSSR count). The molecule has 0 bridgehead atoms. The second-order valence-electron chi connectivity index (χ2n) is 17.1. The molecule has 340 valence electrons. The molecule has 0 aliphatic heterocycles. The minimum Gasteiger partial charge on any atom is -0.462 e.